The van der Waals surface area contributed by atoms with Gasteiger partial charge < -0.3 is 5.11 Å². The predicted octanol–water partition coefficient (Wildman–Crippen LogP) is 4.32. The summed E-state index contributed by atoms with van der Waals surface area (Å²) in [4.78, 5) is 12.0. The molecule has 2 N–H and O–H groups in total. The maximum atomic E-state index is 12.0. The van der Waals surface area contributed by atoms with Crippen molar-refractivity contribution >= 4 is 5.97 Å². The van der Waals surface area contributed by atoms with Crippen molar-refractivity contribution in [3.8, 4) is 28.2 Å². The molecule has 2 heterocycles. The summed E-state index contributed by atoms with van der Waals surface area (Å²) in [6, 6.07) is 25.5. The molecule has 33 heavy (non-hydrogen) atoms. The summed E-state index contributed by atoms with van der Waals surface area (Å²) in [6.07, 6.45) is 0.435. The number of H-pyrrole nitrogens is 1. The van der Waals surface area contributed by atoms with Gasteiger partial charge in [-0.2, -0.15) is 10.3 Å². The molecule has 0 saturated carbocycles. The van der Waals surface area contributed by atoms with Gasteiger partial charge in [-0.1, -0.05) is 66.7 Å². The Morgan fingerprint density at radius 1 is 0.939 bits per heavy atom. The van der Waals surface area contributed by atoms with E-state index in [2.05, 4.69) is 25.7 Å². The van der Waals surface area contributed by atoms with Gasteiger partial charge in [-0.25, -0.2) is 9.48 Å². The molecule has 2 aromatic heterocycles. The molecule has 162 valence electrons. The second-order valence-corrected chi connectivity index (χ2v) is 7.61. The van der Waals surface area contributed by atoms with Crippen molar-refractivity contribution in [3.05, 3.63) is 101 Å². The smallest absolute Gasteiger partial charge is 0.339 e. The number of rotatable bonds is 6. The molecule has 0 radical (unpaired) electrons. The zero-order chi connectivity index (χ0) is 22.8. The van der Waals surface area contributed by atoms with Crippen molar-refractivity contribution in [1.82, 2.24) is 30.4 Å². The number of hydrogen-bond acceptors (Lipinski definition) is 5. The minimum atomic E-state index is -0.977. The summed E-state index contributed by atoms with van der Waals surface area (Å²) < 4.78 is 1.72. The number of nitrogens with zero attached hydrogens (tertiary/aromatic N) is 5. The van der Waals surface area contributed by atoms with Gasteiger partial charge in [0.05, 0.1) is 17.1 Å². The average Bonchev–Trinajstić information content (AvgIpc) is 3.48. The van der Waals surface area contributed by atoms with E-state index in [4.69, 9.17) is 0 Å². The van der Waals surface area contributed by atoms with Crippen LogP contribution in [0.4, 0.5) is 0 Å². The highest BCUT2D eigenvalue weighted by molar-refractivity contribution is 5.90. The van der Waals surface area contributed by atoms with Gasteiger partial charge in [0.1, 0.15) is 5.56 Å². The minimum Gasteiger partial charge on any atom is -0.478 e. The number of nitrogens with one attached hydrogen (secondary N) is 1. The van der Waals surface area contributed by atoms with Crippen molar-refractivity contribution in [2.75, 3.05) is 0 Å². The van der Waals surface area contributed by atoms with Gasteiger partial charge in [0.15, 0.2) is 0 Å². The van der Waals surface area contributed by atoms with Crippen LogP contribution < -0.4 is 0 Å². The first kappa shape index (κ1) is 20.3. The predicted molar refractivity (Wildman–Crippen MR) is 123 cm³/mol. The van der Waals surface area contributed by atoms with Crippen LogP contribution in [0, 0.1) is 6.92 Å². The molecule has 0 aliphatic rings. The van der Waals surface area contributed by atoms with Crippen LogP contribution in [-0.4, -0.2) is 41.5 Å². The van der Waals surface area contributed by atoms with Crippen LogP contribution in [0.5, 0.6) is 0 Å². The Hall–Kier alpha value is -4.59. The van der Waals surface area contributed by atoms with E-state index >= 15 is 0 Å². The number of aromatic nitrogens is 6. The van der Waals surface area contributed by atoms with Crippen LogP contribution >= 0.6 is 0 Å². The van der Waals surface area contributed by atoms with Crippen LogP contribution in [0.2, 0.25) is 0 Å². The molecule has 0 spiro atoms. The molecule has 0 saturated heterocycles. The van der Waals surface area contributed by atoms with Gasteiger partial charge in [-0.05, 0) is 41.0 Å². The number of aromatic carboxylic acids is 1. The first-order valence-corrected chi connectivity index (χ1v) is 10.4. The first-order chi connectivity index (χ1) is 16.1. The van der Waals surface area contributed by atoms with E-state index in [0.717, 1.165) is 27.9 Å². The van der Waals surface area contributed by atoms with Crippen LogP contribution in [-0.2, 0) is 6.42 Å². The van der Waals surface area contributed by atoms with Crippen molar-refractivity contribution in [3.63, 3.8) is 0 Å². The van der Waals surface area contributed by atoms with Gasteiger partial charge in [0.2, 0.25) is 5.82 Å². The molecule has 0 aliphatic heterocycles. The molecule has 8 heteroatoms. The monoisotopic (exact) mass is 436 g/mol. The third kappa shape index (κ3) is 3.89. The van der Waals surface area contributed by atoms with Gasteiger partial charge in [0.25, 0.3) is 0 Å². The zero-order valence-electron chi connectivity index (χ0n) is 17.8. The standard InChI is InChI=1S/C25H20N6O2/c1-16-23(25(32)33)22(31(28-16)19-7-3-2-4-8-19)15-17-11-13-18(14-12-17)20-9-5-6-10-21(20)24-26-29-30-27-24/h2-14H,15H2,1H3,(H,32,33)(H,26,27,29,30). The number of carboxylic acid groups (broad SMARTS) is 1. The van der Waals surface area contributed by atoms with Gasteiger partial charge in [-0.15, -0.1) is 10.2 Å². The number of aromatic amines is 1. The Morgan fingerprint density at radius 2 is 1.64 bits per heavy atom. The fourth-order valence-corrected chi connectivity index (χ4v) is 4.00. The first-order valence-electron chi connectivity index (χ1n) is 10.4. The lowest BCUT2D eigenvalue weighted by molar-refractivity contribution is 0.0695. The maximum Gasteiger partial charge on any atom is 0.339 e. The lowest BCUT2D eigenvalue weighted by Gasteiger charge is -2.10. The minimum absolute atomic E-state index is 0.241. The number of hydrogen-bond donors (Lipinski definition) is 2. The summed E-state index contributed by atoms with van der Waals surface area (Å²) >= 11 is 0. The topological polar surface area (TPSA) is 110 Å². The van der Waals surface area contributed by atoms with Crippen molar-refractivity contribution in [1.29, 1.82) is 0 Å². The van der Waals surface area contributed by atoms with Gasteiger partial charge >= 0.3 is 5.97 Å². The second-order valence-electron chi connectivity index (χ2n) is 7.61. The molecule has 8 nitrogen and oxygen atoms in total. The fourth-order valence-electron chi connectivity index (χ4n) is 4.00. The highest BCUT2D eigenvalue weighted by atomic mass is 16.4. The number of tetrazole rings is 1. The highest BCUT2D eigenvalue weighted by Crippen LogP contribution is 2.30. The maximum absolute atomic E-state index is 12.0. The number of aryl methyl sites for hydroxylation is 1. The van der Waals surface area contributed by atoms with E-state index in [0.29, 0.717) is 23.6 Å². The Morgan fingerprint density at radius 3 is 2.30 bits per heavy atom. The van der Waals surface area contributed by atoms with E-state index in [1.165, 1.54) is 0 Å². The summed E-state index contributed by atoms with van der Waals surface area (Å²) in [5.41, 5.74) is 6.06. The Kier molecular flexibility index (Phi) is 5.24. The number of carboxylic acids is 1. The Labute approximate surface area is 189 Å². The number of benzene rings is 3. The van der Waals surface area contributed by atoms with E-state index in [1.807, 2.05) is 78.9 Å². The van der Waals surface area contributed by atoms with Crippen LogP contribution in [0.1, 0.15) is 27.3 Å². The summed E-state index contributed by atoms with van der Waals surface area (Å²) in [7, 11) is 0. The largest absolute Gasteiger partial charge is 0.478 e. The van der Waals surface area contributed by atoms with Crippen molar-refractivity contribution < 1.29 is 9.90 Å². The third-order valence-electron chi connectivity index (χ3n) is 5.52. The molecule has 0 aliphatic carbocycles. The highest BCUT2D eigenvalue weighted by Gasteiger charge is 2.22. The molecule has 0 bridgehead atoms. The van der Waals surface area contributed by atoms with E-state index in [-0.39, 0.29) is 5.56 Å². The molecule has 5 aromatic rings. The van der Waals surface area contributed by atoms with Crippen LogP contribution in [0.15, 0.2) is 78.9 Å². The molecule has 0 amide bonds. The van der Waals surface area contributed by atoms with E-state index in [9.17, 15) is 9.90 Å². The lowest BCUT2D eigenvalue weighted by atomic mass is 9.97. The SMILES string of the molecule is Cc1nn(-c2ccccc2)c(Cc2ccc(-c3ccccc3-c3nn[nH]n3)cc2)c1C(=O)O. The molecular formula is C25H20N6O2. The summed E-state index contributed by atoms with van der Waals surface area (Å²) in [5.74, 6) is -0.446. The van der Waals surface area contributed by atoms with E-state index < -0.39 is 5.97 Å². The van der Waals surface area contributed by atoms with Crippen LogP contribution in [0.3, 0.4) is 0 Å². The zero-order valence-corrected chi connectivity index (χ0v) is 17.8. The van der Waals surface area contributed by atoms with Crippen molar-refractivity contribution in [2.24, 2.45) is 0 Å². The summed E-state index contributed by atoms with van der Waals surface area (Å²) in [6.45, 7) is 1.73. The van der Waals surface area contributed by atoms with Gasteiger partial charge in [-0.3, -0.25) is 0 Å². The molecular weight excluding hydrogens is 416 g/mol. The molecule has 0 atom stereocenters. The Balaban J connectivity index is 1.51. The molecule has 0 fully saturated rings. The number of carbonyl (C=O) groups is 1. The van der Waals surface area contributed by atoms with Gasteiger partial charge in [0, 0.05) is 12.0 Å². The lowest BCUT2D eigenvalue weighted by Crippen LogP contribution is -2.07. The summed E-state index contributed by atoms with van der Waals surface area (Å²) in [5, 5.41) is 28.7. The average molecular weight is 436 g/mol. The van der Waals surface area contributed by atoms with Crippen LogP contribution in [0.25, 0.3) is 28.2 Å². The number of para-hydroxylation sites is 1. The Bertz CT molecular complexity index is 1410. The second kappa shape index (κ2) is 8.51. The quantitative estimate of drug-likeness (QED) is 0.410. The molecule has 5 rings (SSSR count). The van der Waals surface area contributed by atoms with E-state index in [1.54, 1.807) is 11.6 Å². The van der Waals surface area contributed by atoms with Crippen molar-refractivity contribution in [2.45, 2.75) is 13.3 Å². The fraction of sp³-hybridized carbons (Fsp3) is 0.0800. The molecule has 0 unspecified atom stereocenters. The third-order valence-corrected chi connectivity index (χ3v) is 5.52. The molecule has 3 aromatic carbocycles. The normalized spacial score (nSPS) is 10.9.